The molecular formula is C55H97N17O22. The Balaban J connectivity index is 7.03. The van der Waals surface area contributed by atoms with E-state index in [4.69, 9.17) is 34.2 Å². The molecule has 0 aromatic heterocycles. The third-order valence-corrected chi connectivity index (χ3v) is 10.4. The van der Waals surface area contributed by atoms with Gasteiger partial charge in [0.25, 0.3) is 11.8 Å². The fourth-order valence-corrected chi connectivity index (χ4v) is 6.64. The largest absolute Gasteiger partial charge is 0.443 e. The maximum absolute atomic E-state index is 14.2. The predicted molar refractivity (Wildman–Crippen MR) is 327 cm³/mol. The zero-order valence-corrected chi connectivity index (χ0v) is 56.5. The zero-order chi connectivity index (χ0) is 72.8. The number of hydrogen-bond acceptors (Lipinski definition) is 23. The molecule has 0 unspecified atom stereocenters. The number of rotatable bonds is 24. The van der Waals surface area contributed by atoms with Crippen LogP contribution in [0.1, 0.15) is 189 Å². The number of hydrogen-bond donors (Lipinski definition) is 17. The first-order valence-corrected chi connectivity index (χ1v) is 29.5. The summed E-state index contributed by atoms with van der Waals surface area (Å²) in [6, 6.07) is -8.77. The number of ether oxygens (including phenoxy) is 6. The molecule has 18 N–H and O–H groups in total. The highest BCUT2D eigenvalue weighted by atomic mass is 16.6. The molecule has 0 rings (SSSR count). The van der Waals surface area contributed by atoms with Crippen molar-refractivity contribution in [2.75, 3.05) is 0 Å². The van der Waals surface area contributed by atoms with Crippen LogP contribution in [0.5, 0.6) is 0 Å². The van der Waals surface area contributed by atoms with E-state index in [1.807, 2.05) is 43.4 Å². The topological polar surface area (TPSA) is 547 Å². The number of amides is 16. The van der Waals surface area contributed by atoms with Crippen LogP contribution >= 0.6 is 0 Å². The van der Waals surface area contributed by atoms with Gasteiger partial charge in [0, 0.05) is 32.1 Å². The van der Waals surface area contributed by atoms with Gasteiger partial charge in [0.05, 0.1) is 6.04 Å². The first-order valence-electron chi connectivity index (χ1n) is 29.5. The minimum absolute atomic E-state index is 0.557. The van der Waals surface area contributed by atoms with E-state index < -0.39 is 224 Å². The summed E-state index contributed by atoms with van der Waals surface area (Å²) in [5.41, 5.74) is 24.7. The smallest absolute Gasteiger partial charge is 0.426 e. The summed E-state index contributed by atoms with van der Waals surface area (Å²) in [4.78, 5) is 208. The van der Waals surface area contributed by atoms with Crippen LogP contribution in [0.2, 0.25) is 0 Å². The van der Waals surface area contributed by atoms with Gasteiger partial charge in [-0.3, -0.25) is 80.5 Å². The third-order valence-electron chi connectivity index (χ3n) is 10.4. The Hall–Kier alpha value is -9.72. The van der Waals surface area contributed by atoms with E-state index in [0.29, 0.717) is 0 Å². The molecule has 0 spiro atoms. The van der Waals surface area contributed by atoms with E-state index in [0.717, 1.165) is 0 Å². The quantitative estimate of drug-likeness (QED) is 0.0427. The van der Waals surface area contributed by atoms with Crippen LogP contribution in [-0.2, 0) is 76.4 Å². The van der Waals surface area contributed by atoms with E-state index in [2.05, 4.69) is 43.0 Å². The Bertz CT molecular complexity index is 2690. The van der Waals surface area contributed by atoms with Crippen LogP contribution in [0.15, 0.2) is 0 Å². The fourth-order valence-electron chi connectivity index (χ4n) is 6.64. The van der Waals surface area contributed by atoms with Crippen molar-refractivity contribution in [3.63, 3.8) is 0 Å². The highest BCUT2D eigenvalue weighted by Gasteiger charge is 2.33. The Morgan fingerprint density at radius 2 is 0.436 bits per heavy atom. The number of carbonyl (C=O) groups excluding carboxylic acids is 16. The first kappa shape index (κ1) is 84.3. The highest BCUT2D eigenvalue weighted by molar-refractivity contribution is 5.96. The van der Waals surface area contributed by atoms with Crippen LogP contribution in [0.4, 0.5) is 28.8 Å². The van der Waals surface area contributed by atoms with E-state index in [9.17, 15) is 76.7 Å². The van der Waals surface area contributed by atoms with E-state index in [1.165, 1.54) is 41.5 Å². The summed E-state index contributed by atoms with van der Waals surface area (Å²) < 4.78 is 30.6. The summed E-state index contributed by atoms with van der Waals surface area (Å²) in [6.45, 7) is 27.8. The Morgan fingerprint density at radius 3 is 0.670 bits per heavy atom. The average molecular weight is 1350 g/mol. The van der Waals surface area contributed by atoms with Crippen molar-refractivity contribution < 1.29 is 105 Å². The molecule has 0 aliphatic heterocycles. The van der Waals surface area contributed by atoms with E-state index >= 15 is 0 Å². The van der Waals surface area contributed by atoms with Crippen molar-refractivity contribution >= 4 is 95.6 Å². The summed E-state index contributed by atoms with van der Waals surface area (Å²) in [6.07, 6.45) is -12.6. The molecule has 534 valence electrons. The molecule has 0 saturated heterocycles. The zero-order valence-electron chi connectivity index (χ0n) is 56.5. The lowest BCUT2D eigenvalue weighted by atomic mass is 10.0. The molecule has 94 heavy (non-hydrogen) atoms. The molecule has 0 saturated carbocycles. The molecule has 39 heteroatoms. The van der Waals surface area contributed by atoms with Gasteiger partial charge in [-0.05, 0) is 157 Å². The van der Waals surface area contributed by atoms with Gasteiger partial charge in [-0.25, -0.2) is 61.3 Å². The van der Waals surface area contributed by atoms with Crippen LogP contribution in [0, 0.1) is 0 Å². The molecule has 0 aromatic carbocycles. The second-order valence-corrected chi connectivity index (χ2v) is 26.5. The lowest BCUT2D eigenvalue weighted by Gasteiger charge is -2.25. The molecule has 0 bridgehead atoms. The summed E-state index contributed by atoms with van der Waals surface area (Å²) in [5.74, 6) is -10.6. The van der Waals surface area contributed by atoms with Gasteiger partial charge >= 0.3 is 36.6 Å². The monoisotopic (exact) mass is 1350 g/mol. The minimum Gasteiger partial charge on any atom is -0.443 e. The maximum atomic E-state index is 14.2. The highest BCUT2D eigenvalue weighted by Crippen LogP contribution is 2.13. The molecular weight excluding hydrogens is 1250 g/mol. The van der Waals surface area contributed by atoms with Crippen LogP contribution in [-0.4, -0.2) is 159 Å². The van der Waals surface area contributed by atoms with Crippen LogP contribution < -0.4 is 92.1 Å². The normalized spacial score (nSPS) is 13.1. The number of nitrogens with two attached hydrogens (primary N) is 1. The van der Waals surface area contributed by atoms with Gasteiger partial charge in [0.15, 0.2) is 0 Å². The fraction of sp³-hybridized carbons (Fsp3) is 0.709. The molecule has 0 fully saturated rings. The summed E-state index contributed by atoms with van der Waals surface area (Å²) in [5, 5.41) is 9.33. The maximum Gasteiger partial charge on any atom is 0.426 e. The molecule has 0 aliphatic rings. The molecule has 0 heterocycles. The van der Waals surface area contributed by atoms with Gasteiger partial charge in [-0.2, -0.15) is 0 Å². The van der Waals surface area contributed by atoms with Crippen molar-refractivity contribution in [1.82, 2.24) is 86.4 Å². The van der Waals surface area contributed by atoms with Crippen molar-refractivity contribution in [2.45, 2.75) is 253 Å². The van der Waals surface area contributed by atoms with E-state index in [-0.39, 0.29) is 0 Å². The number of carbonyl (C=O) groups is 16. The molecule has 5 atom stereocenters. The molecule has 0 aliphatic carbocycles. The SMILES string of the molecule is CC(C)(C)OC(=O)NNC(=O)CC[C@H](NC(=O)CC[C@H](N)C(=O)N[C@@H](CCC(=O)NNC(=O)OC(C)(C)C)C(=O)N[C@@H](CCC(=O)NNC(=O)OC(C)(C)C)C(=O)NNC(=O)OC(C)(C)C)C(=O)N[C@@H](CCC(=O)NNC(=O)OC(C)(C)C)C(=O)NNC(=O)OC(C)(C)C. The number of hydrazine groups is 6. The Kier molecular flexibility index (Phi) is 34.4. The van der Waals surface area contributed by atoms with Crippen molar-refractivity contribution in [1.29, 1.82) is 0 Å². The van der Waals surface area contributed by atoms with Crippen molar-refractivity contribution in [3.05, 3.63) is 0 Å². The second kappa shape index (κ2) is 38.3. The number of nitrogens with one attached hydrogen (secondary N) is 16. The third kappa shape index (κ3) is 43.9. The minimum atomic E-state index is -1.81. The van der Waals surface area contributed by atoms with Gasteiger partial charge in [0.1, 0.15) is 57.8 Å². The van der Waals surface area contributed by atoms with E-state index in [1.54, 1.807) is 83.1 Å². The molecule has 0 aromatic rings. The summed E-state index contributed by atoms with van der Waals surface area (Å²) in [7, 11) is 0. The molecule has 39 nitrogen and oxygen atoms in total. The Morgan fingerprint density at radius 1 is 0.245 bits per heavy atom. The first-order chi connectivity index (χ1) is 42.8. The predicted octanol–water partition coefficient (Wildman–Crippen LogP) is -0.511. The standard InChI is InChI=1S/C55H97N17O22/c1-50(2,3)89-44(83)67-61-35(74)25-20-30(40(79)59-32(42(81)65-71-48(87)93-54(13,14)15)22-27-37(76)63-69-46(85)91-52(7,8)9)57-34(73)24-19-29(56)39(78)58-31(21-26-36(75)62-68-45(84)90-51(4,5)6)41(80)60-33(43(82)66-72-49(88)94-55(16,17)18)23-28-38(77)64-70-47(86)92-53(10,11)12/h29-33H,19-28,56H2,1-18H3,(H,57,73)(H,58,78)(H,59,79)(H,60,80)(H,61,74)(H,62,75)(H,63,76)(H,64,77)(H,65,81)(H,66,82)(H,67,83)(H,68,84)(H,69,85)(H,70,86)(H,71,87)(H,72,88)/t29-,30-,31-,32-,33-/m0/s1. The molecule has 16 amide bonds. The summed E-state index contributed by atoms with van der Waals surface area (Å²) >= 11 is 0. The van der Waals surface area contributed by atoms with Gasteiger partial charge in [-0.1, -0.05) is 0 Å². The van der Waals surface area contributed by atoms with Crippen LogP contribution in [0.3, 0.4) is 0 Å². The lowest BCUT2D eigenvalue weighted by Crippen LogP contribution is -2.58. The second-order valence-electron chi connectivity index (χ2n) is 26.5. The lowest BCUT2D eigenvalue weighted by molar-refractivity contribution is -0.134. The van der Waals surface area contributed by atoms with Gasteiger partial charge in [0.2, 0.25) is 47.3 Å². The molecule has 0 radical (unpaired) electrons. The van der Waals surface area contributed by atoms with Gasteiger partial charge in [-0.15, -0.1) is 0 Å². The average Bonchev–Trinajstić information content (AvgIpc) is 0.893. The van der Waals surface area contributed by atoms with Crippen LogP contribution in [0.25, 0.3) is 0 Å². The Labute approximate surface area is 544 Å². The van der Waals surface area contributed by atoms with Gasteiger partial charge < -0.3 is 55.4 Å². The van der Waals surface area contributed by atoms with Crippen molar-refractivity contribution in [3.8, 4) is 0 Å². The van der Waals surface area contributed by atoms with Crippen molar-refractivity contribution in [2.24, 2.45) is 5.73 Å².